The summed E-state index contributed by atoms with van der Waals surface area (Å²) in [5.74, 6) is -1.07. The minimum Gasteiger partial charge on any atom is -0.508 e. The first-order valence-electron chi connectivity index (χ1n) is 6.35. The molecule has 0 spiro atoms. The molecule has 0 aromatic heterocycles. The highest BCUT2D eigenvalue weighted by molar-refractivity contribution is 6.00. The highest BCUT2D eigenvalue weighted by Gasteiger charge is 2.05. The quantitative estimate of drug-likeness (QED) is 0.649. The summed E-state index contributed by atoms with van der Waals surface area (Å²) < 4.78 is 0. The number of hydrogen-bond acceptors (Lipinski definition) is 3. The Morgan fingerprint density at radius 3 is 1.55 bits per heavy atom. The fraction of sp³-hybridized carbons (Fsp3) is 0. The second-order valence-electron chi connectivity index (χ2n) is 4.49. The Morgan fingerprint density at radius 1 is 0.773 bits per heavy atom. The van der Waals surface area contributed by atoms with Gasteiger partial charge in [-0.05, 0) is 48.5 Å². The third-order valence-corrected chi connectivity index (χ3v) is 2.87. The third-order valence-electron chi connectivity index (χ3n) is 2.87. The van der Waals surface area contributed by atoms with Crippen molar-refractivity contribution >= 4 is 29.1 Å². The van der Waals surface area contributed by atoms with Crippen molar-refractivity contribution in [3.8, 4) is 0 Å². The monoisotopic (exact) mass is 298 g/mol. The highest BCUT2D eigenvalue weighted by atomic mass is 16.4. The van der Waals surface area contributed by atoms with Gasteiger partial charge >= 0.3 is 12.0 Å². The average Bonchev–Trinajstić information content (AvgIpc) is 2.48. The maximum atomic E-state index is 11.8. The average molecular weight is 298 g/mol. The molecule has 2 aromatic carbocycles. The van der Waals surface area contributed by atoms with Gasteiger partial charge in [0, 0.05) is 16.9 Å². The molecule has 0 unspecified atom stereocenters. The van der Waals surface area contributed by atoms with Crippen LogP contribution in [0.1, 0.15) is 15.9 Å². The fourth-order valence-electron chi connectivity index (χ4n) is 1.74. The number of nitrogens with one attached hydrogen (secondary N) is 2. The van der Waals surface area contributed by atoms with Gasteiger partial charge < -0.3 is 20.8 Å². The van der Waals surface area contributed by atoms with Crippen molar-refractivity contribution in [2.45, 2.75) is 0 Å². The lowest BCUT2D eigenvalue weighted by Crippen LogP contribution is -2.19. The van der Waals surface area contributed by atoms with Crippen molar-refractivity contribution in [2.75, 3.05) is 10.6 Å². The summed E-state index contributed by atoms with van der Waals surface area (Å²) in [7, 11) is 0. The molecule has 0 saturated carbocycles. The van der Waals surface area contributed by atoms with Gasteiger partial charge in [-0.2, -0.15) is 0 Å². The number of carboxylic acids is 1. The number of urea groups is 1. The van der Waals surface area contributed by atoms with Crippen molar-refractivity contribution in [1.29, 1.82) is 0 Å². The molecule has 0 radical (unpaired) electrons. The van der Waals surface area contributed by atoms with Crippen LogP contribution in [0.25, 0.3) is 5.76 Å². The Bertz CT molecular complexity index is 644. The zero-order valence-corrected chi connectivity index (χ0v) is 11.5. The molecule has 6 heteroatoms. The lowest BCUT2D eigenvalue weighted by Gasteiger charge is -2.08. The summed E-state index contributed by atoms with van der Waals surface area (Å²) in [5.41, 5.74) is 1.73. The predicted molar refractivity (Wildman–Crippen MR) is 84.1 cm³/mol. The Balaban J connectivity index is 1.97. The number of aliphatic hydroxyl groups is 1. The number of amides is 2. The first kappa shape index (κ1) is 15.1. The van der Waals surface area contributed by atoms with Gasteiger partial charge in [0.1, 0.15) is 5.76 Å². The molecule has 0 bridgehead atoms. The lowest BCUT2D eigenvalue weighted by molar-refractivity contribution is 0.0697. The second kappa shape index (κ2) is 6.45. The molecule has 0 heterocycles. The number of hydrogen-bond donors (Lipinski definition) is 4. The molecule has 0 aliphatic heterocycles. The van der Waals surface area contributed by atoms with Gasteiger partial charge in [0.2, 0.25) is 0 Å². The maximum absolute atomic E-state index is 11.8. The van der Waals surface area contributed by atoms with Gasteiger partial charge in [0.25, 0.3) is 0 Å². The van der Waals surface area contributed by atoms with Crippen LogP contribution in [0.4, 0.5) is 16.2 Å². The first-order valence-corrected chi connectivity index (χ1v) is 6.35. The van der Waals surface area contributed by atoms with Gasteiger partial charge in [-0.25, -0.2) is 9.59 Å². The molecule has 2 aromatic rings. The largest absolute Gasteiger partial charge is 0.508 e. The van der Waals surface area contributed by atoms with Crippen LogP contribution in [0.15, 0.2) is 55.1 Å². The summed E-state index contributed by atoms with van der Waals surface area (Å²) in [6.07, 6.45) is 0. The van der Waals surface area contributed by atoms with Crippen LogP contribution >= 0.6 is 0 Å². The molecular formula is C16H14N2O4. The summed E-state index contributed by atoms with van der Waals surface area (Å²) in [6.45, 7) is 3.41. The Kier molecular flexibility index (Phi) is 4.43. The van der Waals surface area contributed by atoms with E-state index in [4.69, 9.17) is 5.11 Å². The van der Waals surface area contributed by atoms with Crippen molar-refractivity contribution in [2.24, 2.45) is 0 Å². The summed E-state index contributed by atoms with van der Waals surface area (Å²) >= 11 is 0. The molecule has 0 saturated heterocycles. The Hall–Kier alpha value is -3.28. The molecule has 4 N–H and O–H groups in total. The number of carbonyl (C=O) groups excluding carboxylic acids is 1. The van der Waals surface area contributed by atoms with E-state index in [1.54, 1.807) is 24.3 Å². The molecule has 2 rings (SSSR count). The standard InChI is InChI=1S/C16H14N2O4/c1-10(19)11-2-6-13(7-3-11)17-16(22)18-14-8-4-12(5-9-14)15(20)21/h2-9,19H,1H2,(H,20,21)(H2,17,18,22). The van der Waals surface area contributed by atoms with Crippen LogP contribution in [0.5, 0.6) is 0 Å². The van der Waals surface area contributed by atoms with E-state index in [0.717, 1.165) is 0 Å². The van der Waals surface area contributed by atoms with E-state index in [2.05, 4.69) is 17.2 Å². The zero-order valence-electron chi connectivity index (χ0n) is 11.5. The Morgan fingerprint density at radius 2 is 1.18 bits per heavy atom. The number of benzene rings is 2. The predicted octanol–water partition coefficient (Wildman–Crippen LogP) is 3.56. The highest BCUT2D eigenvalue weighted by Crippen LogP contribution is 2.15. The van der Waals surface area contributed by atoms with E-state index in [1.165, 1.54) is 24.3 Å². The molecular weight excluding hydrogens is 284 g/mol. The number of carboxylic acid groups (broad SMARTS) is 1. The molecule has 112 valence electrons. The smallest absolute Gasteiger partial charge is 0.335 e. The second-order valence-corrected chi connectivity index (χ2v) is 4.49. The van der Waals surface area contributed by atoms with Gasteiger partial charge in [0.05, 0.1) is 5.56 Å². The van der Waals surface area contributed by atoms with Crippen molar-refractivity contribution in [1.82, 2.24) is 0 Å². The molecule has 2 amide bonds. The molecule has 22 heavy (non-hydrogen) atoms. The van der Waals surface area contributed by atoms with Crippen LogP contribution in [0, 0.1) is 0 Å². The fourth-order valence-corrected chi connectivity index (χ4v) is 1.74. The van der Waals surface area contributed by atoms with E-state index < -0.39 is 12.0 Å². The van der Waals surface area contributed by atoms with Crippen LogP contribution < -0.4 is 10.6 Å². The van der Waals surface area contributed by atoms with E-state index >= 15 is 0 Å². The molecule has 0 fully saturated rings. The summed E-state index contributed by atoms with van der Waals surface area (Å²) in [5, 5.41) is 23.2. The number of rotatable bonds is 4. The van der Waals surface area contributed by atoms with Gasteiger partial charge in [-0.1, -0.05) is 6.58 Å². The van der Waals surface area contributed by atoms with Gasteiger partial charge in [0.15, 0.2) is 0 Å². The van der Waals surface area contributed by atoms with E-state index in [9.17, 15) is 14.7 Å². The van der Waals surface area contributed by atoms with Gasteiger partial charge in [-0.3, -0.25) is 0 Å². The molecule has 0 aliphatic carbocycles. The SMILES string of the molecule is C=C(O)c1ccc(NC(=O)Nc2ccc(C(=O)O)cc2)cc1. The number of aliphatic hydroxyl groups excluding tert-OH is 1. The van der Waals surface area contributed by atoms with Gasteiger partial charge in [-0.15, -0.1) is 0 Å². The third kappa shape index (κ3) is 3.86. The summed E-state index contributed by atoms with van der Waals surface area (Å²) in [4.78, 5) is 22.5. The minimum absolute atomic E-state index is 0.0467. The molecule has 6 nitrogen and oxygen atoms in total. The van der Waals surface area contributed by atoms with Crippen LogP contribution in [0.3, 0.4) is 0 Å². The van der Waals surface area contributed by atoms with Crippen molar-refractivity contribution in [3.05, 3.63) is 66.2 Å². The first-order chi connectivity index (χ1) is 10.5. The number of anilines is 2. The number of carbonyl (C=O) groups is 2. The minimum atomic E-state index is -1.03. The van der Waals surface area contributed by atoms with Crippen molar-refractivity contribution in [3.63, 3.8) is 0 Å². The topological polar surface area (TPSA) is 98.7 Å². The number of aromatic carboxylic acids is 1. The van der Waals surface area contributed by atoms with Crippen LogP contribution in [0.2, 0.25) is 0 Å². The maximum Gasteiger partial charge on any atom is 0.335 e. The van der Waals surface area contributed by atoms with Crippen LogP contribution in [-0.4, -0.2) is 22.2 Å². The van der Waals surface area contributed by atoms with E-state index in [1.807, 2.05) is 0 Å². The van der Waals surface area contributed by atoms with Crippen LogP contribution in [-0.2, 0) is 0 Å². The van der Waals surface area contributed by atoms with E-state index in [-0.39, 0.29) is 11.3 Å². The van der Waals surface area contributed by atoms with E-state index in [0.29, 0.717) is 16.9 Å². The molecule has 0 aliphatic rings. The normalized spacial score (nSPS) is 9.82. The zero-order chi connectivity index (χ0) is 16.1. The lowest BCUT2D eigenvalue weighted by atomic mass is 10.2. The van der Waals surface area contributed by atoms with Crippen molar-refractivity contribution < 1.29 is 19.8 Å². The molecule has 0 atom stereocenters. The Labute approximate surface area is 126 Å². The summed E-state index contributed by atoms with van der Waals surface area (Å²) in [6, 6.07) is 11.9.